The molecule has 0 aliphatic heterocycles. The number of halogens is 3. The molecule has 0 aliphatic carbocycles. The van der Waals surface area contributed by atoms with Gasteiger partial charge in [-0.1, -0.05) is 28.4 Å². The smallest absolute Gasteiger partial charge is 0.100 e. The minimum absolute atomic E-state index is 0.154. The third-order valence-corrected chi connectivity index (χ3v) is 3.13. The molecule has 0 saturated carbocycles. The van der Waals surface area contributed by atoms with Gasteiger partial charge in [-0.05, 0) is 30.7 Å². The van der Waals surface area contributed by atoms with Gasteiger partial charge in [0.05, 0.1) is 18.1 Å². The van der Waals surface area contributed by atoms with Crippen molar-refractivity contribution in [3.8, 4) is 0 Å². The van der Waals surface area contributed by atoms with Crippen molar-refractivity contribution >= 4 is 34.8 Å². The second-order valence-corrected chi connectivity index (χ2v) is 5.19. The Morgan fingerprint density at radius 2 is 2.12 bits per heavy atom. The molecule has 1 aromatic heterocycles. The fraction of sp³-hybridized carbons (Fsp3) is 0.273. The van der Waals surface area contributed by atoms with Crippen LogP contribution in [0.15, 0.2) is 24.4 Å². The maximum absolute atomic E-state index is 6.07. The summed E-state index contributed by atoms with van der Waals surface area (Å²) in [5.74, 6) is 0. The Hall–Kier alpha value is -0.770. The van der Waals surface area contributed by atoms with Crippen LogP contribution in [0.5, 0.6) is 0 Å². The minimum atomic E-state index is -0.154. The number of rotatable bonds is 3. The van der Waals surface area contributed by atoms with Gasteiger partial charge in [0.15, 0.2) is 0 Å². The van der Waals surface area contributed by atoms with Crippen LogP contribution < -0.4 is 0 Å². The summed E-state index contributed by atoms with van der Waals surface area (Å²) in [4.78, 5) is 0. The Labute approximate surface area is 114 Å². The summed E-state index contributed by atoms with van der Waals surface area (Å²) < 4.78 is 1.69. The molecule has 0 bridgehead atoms. The van der Waals surface area contributed by atoms with Crippen molar-refractivity contribution in [2.24, 2.45) is 0 Å². The average Bonchev–Trinajstić information content (AvgIpc) is 2.72. The van der Waals surface area contributed by atoms with Gasteiger partial charge in [-0.3, -0.25) is 0 Å². The van der Waals surface area contributed by atoms with Crippen LogP contribution in [0, 0.1) is 0 Å². The molecule has 6 heteroatoms. The molecule has 1 atom stereocenters. The van der Waals surface area contributed by atoms with Crippen LogP contribution in [0.4, 0.5) is 0 Å². The van der Waals surface area contributed by atoms with Gasteiger partial charge in [0.25, 0.3) is 0 Å². The highest BCUT2D eigenvalue weighted by molar-refractivity contribution is 6.33. The lowest BCUT2D eigenvalue weighted by molar-refractivity contribution is 0.649. The first-order valence-corrected chi connectivity index (χ1v) is 6.23. The van der Waals surface area contributed by atoms with Crippen molar-refractivity contribution in [1.29, 1.82) is 0 Å². The molecule has 1 unspecified atom stereocenters. The Morgan fingerprint density at radius 1 is 1.35 bits per heavy atom. The van der Waals surface area contributed by atoms with Gasteiger partial charge in [-0.15, -0.1) is 16.7 Å². The number of aromatic nitrogens is 3. The third kappa shape index (κ3) is 3.12. The SMILES string of the molecule is CC(Cl)c1cn(Cc2cc(Cl)ccc2Cl)nn1. The van der Waals surface area contributed by atoms with Crippen molar-refractivity contribution < 1.29 is 0 Å². The lowest BCUT2D eigenvalue weighted by Crippen LogP contribution is -2.01. The third-order valence-electron chi connectivity index (χ3n) is 2.30. The molecule has 3 nitrogen and oxygen atoms in total. The predicted molar refractivity (Wildman–Crippen MR) is 69.9 cm³/mol. The standard InChI is InChI=1S/C11H10Cl3N3/c1-7(12)11-6-17(16-15-11)5-8-4-9(13)2-3-10(8)14/h2-4,6-7H,5H2,1H3. The van der Waals surface area contributed by atoms with E-state index in [2.05, 4.69) is 10.3 Å². The van der Waals surface area contributed by atoms with E-state index in [1.54, 1.807) is 23.0 Å². The van der Waals surface area contributed by atoms with Gasteiger partial charge >= 0.3 is 0 Å². The molecule has 0 amide bonds. The van der Waals surface area contributed by atoms with Gasteiger partial charge in [0.1, 0.15) is 5.69 Å². The Morgan fingerprint density at radius 3 is 2.76 bits per heavy atom. The van der Waals surface area contributed by atoms with E-state index in [0.29, 0.717) is 16.6 Å². The molecule has 0 radical (unpaired) electrons. The summed E-state index contributed by atoms with van der Waals surface area (Å²) in [5, 5.41) is 9.11. The molecule has 90 valence electrons. The summed E-state index contributed by atoms with van der Waals surface area (Å²) in [7, 11) is 0. The molecule has 2 aromatic rings. The lowest BCUT2D eigenvalue weighted by atomic mass is 10.2. The van der Waals surface area contributed by atoms with Crippen molar-refractivity contribution in [1.82, 2.24) is 15.0 Å². The quantitative estimate of drug-likeness (QED) is 0.802. The highest BCUT2D eigenvalue weighted by Gasteiger charge is 2.08. The van der Waals surface area contributed by atoms with E-state index in [-0.39, 0.29) is 5.38 Å². The van der Waals surface area contributed by atoms with Crippen LogP contribution in [0.2, 0.25) is 10.0 Å². The summed E-state index contributed by atoms with van der Waals surface area (Å²) >= 11 is 17.9. The monoisotopic (exact) mass is 289 g/mol. The summed E-state index contributed by atoms with van der Waals surface area (Å²) in [6.07, 6.45) is 1.80. The number of hydrogen-bond donors (Lipinski definition) is 0. The van der Waals surface area contributed by atoms with Gasteiger partial charge in [-0.2, -0.15) is 0 Å². The zero-order valence-electron chi connectivity index (χ0n) is 9.07. The van der Waals surface area contributed by atoms with Gasteiger partial charge in [0.2, 0.25) is 0 Å². The van der Waals surface area contributed by atoms with E-state index >= 15 is 0 Å². The van der Waals surface area contributed by atoms with E-state index in [1.807, 2.05) is 13.0 Å². The molecule has 1 heterocycles. The first-order valence-electron chi connectivity index (χ1n) is 5.04. The number of nitrogens with zero attached hydrogens (tertiary/aromatic N) is 3. The maximum atomic E-state index is 6.07. The number of benzene rings is 1. The van der Waals surface area contributed by atoms with E-state index < -0.39 is 0 Å². The Balaban J connectivity index is 2.22. The van der Waals surface area contributed by atoms with E-state index in [1.165, 1.54) is 0 Å². The molecule has 1 aromatic carbocycles. The topological polar surface area (TPSA) is 30.7 Å². The highest BCUT2D eigenvalue weighted by Crippen LogP contribution is 2.22. The van der Waals surface area contributed by atoms with Crippen LogP contribution in [0.3, 0.4) is 0 Å². The van der Waals surface area contributed by atoms with E-state index in [9.17, 15) is 0 Å². The summed E-state index contributed by atoms with van der Waals surface area (Å²) in [6, 6.07) is 5.33. The van der Waals surface area contributed by atoms with Crippen LogP contribution in [-0.4, -0.2) is 15.0 Å². The normalized spacial score (nSPS) is 12.7. The second kappa shape index (κ2) is 5.25. The second-order valence-electron chi connectivity index (χ2n) is 3.69. The zero-order valence-corrected chi connectivity index (χ0v) is 11.3. The fourth-order valence-corrected chi connectivity index (χ4v) is 1.88. The van der Waals surface area contributed by atoms with Crippen molar-refractivity contribution in [2.45, 2.75) is 18.8 Å². The molecule has 0 N–H and O–H groups in total. The Bertz CT molecular complexity index is 522. The molecule has 2 rings (SSSR count). The predicted octanol–water partition coefficient (Wildman–Crippen LogP) is 3.93. The minimum Gasteiger partial charge on any atom is -0.248 e. The summed E-state index contributed by atoms with van der Waals surface area (Å²) in [6.45, 7) is 2.37. The fourth-order valence-electron chi connectivity index (χ4n) is 1.41. The lowest BCUT2D eigenvalue weighted by Gasteiger charge is -2.04. The molecule has 17 heavy (non-hydrogen) atoms. The van der Waals surface area contributed by atoms with Crippen LogP contribution in [0.25, 0.3) is 0 Å². The van der Waals surface area contributed by atoms with Crippen LogP contribution in [-0.2, 0) is 6.54 Å². The van der Waals surface area contributed by atoms with Crippen molar-refractivity contribution in [2.75, 3.05) is 0 Å². The molecular weight excluding hydrogens is 281 g/mol. The number of alkyl halides is 1. The van der Waals surface area contributed by atoms with Crippen molar-refractivity contribution in [3.05, 3.63) is 45.7 Å². The zero-order chi connectivity index (χ0) is 12.4. The molecule has 0 saturated heterocycles. The van der Waals surface area contributed by atoms with Gasteiger partial charge in [-0.25, -0.2) is 4.68 Å². The first kappa shape index (κ1) is 12.7. The van der Waals surface area contributed by atoms with Crippen LogP contribution in [0.1, 0.15) is 23.6 Å². The first-order chi connectivity index (χ1) is 8.06. The highest BCUT2D eigenvalue weighted by atomic mass is 35.5. The van der Waals surface area contributed by atoms with Gasteiger partial charge < -0.3 is 0 Å². The Kier molecular flexibility index (Phi) is 3.92. The number of hydrogen-bond acceptors (Lipinski definition) is 2. The largest absolute Gasteiger partial charge is 0.248 e. The average molecular weight is 291 g/mol. The van der Waals surface area contributed by atoms with E-state index in [0.717, 1.165) is 11.3 Å². The van der Waals surface area contributed by atoms with Crippen LogP contribution >= 0.6 is 34.8 Å². The van der Waals surface area contributed by atoms with Gasteiger partial charge in [0, 0.05) is 10.0 Å². The van der Waals surface area contributed by atoms with Crippen molar-refractivity contribution in [3.63, 3.8) is 0 Å². The maximum Gasteiger partial charge on any atom is 0.100 e. The molecule has 0 fully saturated rings. The molecule has 0 spiro atoms. The summed E-state index contributed by atoms with van der Waals surface area (Å²) in [5.41, 5.74) is 1.64. The van der Waals surface area contributed by atoms with E-state index in [4.69, 9.17) is 34.8 Å². The molecule has 0 aliphatic rings. The molecular formula is C11H10Cl3N3.